The fourth-order valence-corrected chi connectivity index (χ4v) is 4.98. The normalized spacial score (nSPS) is 13.8. The molecular weight excluding hydrogens is 449 g/mol. The highest BCUT2D eigenvalue weighted by molar-refractivity contribution is 6.31. The van der Waals surface area contributed by atoms with E-state index in [1.165, 1.54) is 12.1 Å². The molecule has 5 rings (SSSR count). The Bertz CT molecular complexity index is 1330. The minimum absolute atomic E-state index is 0.0184. The Morgan fingerprint density at radius 1 is 1.00 bits per heavy atom. The lowest BCUT2D eigenvalue weighted by molar-refractivity contribution is 0.240. The minimum Gasteiger partial charge on any atom is -0.294 e. The Morgan fingerprint density at radius 3 is 2.26 bits per heavy atom. The van der Waals surface area contributed by atoms with Crippen molar-refractivity contribution < 1.29 is 4.39 Å². The number of nitrogens with zero attached hydrogens (tertiary/aromatic N) is 3. The Labute approximate surface area is 203 Å². The van der Waals surface area contributed by atoms with E-state index in [9.17, 15) is 9.18 Å². The predicted octanol–water partition coefficient (Wildman–Crippen LogP) is 5.54. The highest BCUT2D eigenvalue weighted by atomic mass is 35.5. The van der Waals surface area contributed by atoms with Crippen LogP contribution in [-0.4, -0.2) is 21.0 Å². The summed E-state index contributed by atoms with van der Waals surface area (Å²) < 4.78 is 15.3. The average molecular weight is 474 g/mol. The molecule has 0 amide bonds. The van der Waals surface area contributed by atoms with Gasteiger partial charge in [-0.05, 0) is 35.7 Å². The lowest BCUT2D eigenvalue weighted by atomic mass is 9.97. The predicted molar refractivity (Wildman–Crippen MR) is 133 cm³/mol. The van der Waals surface area contributed by atoms with Crippen LogP contribution >= 0.6 is 11.6 Å². The number of aromatic nitrogens is 2. The van der Waals surface area contributed by atoms with Crippen LogP contribution < -0.4 is 5.56 Å². The molecule has 0 saturated heterocycles. The second-order valence-corrected chi connectivity index (χ2v) is 9.09. The highest BCUT2D eigenvalue weighted by Gasteiger charge is 2.27. The summed E-state index contributed by atoms with van der Waals surface area (Å²) in [5, 5.41) is 0.401. The van der Waals surface area contributed by atoms with Gasteiger partial charge >= 0.3 is 0 Å². The molecule has 0 bridgehead atoms. The molecule has 2 heterocycles. The molecule has 0 atom stereocenters. The first-order valence-electron chi connectivity index (χ1n) is 11.4. The van der Waals surface area contributed by atoms with E-state index in [1.54, 1.807) is 6.07 Å². The minimum atomic E-state index is -0.354. The van der Waals surface area contributed by atoms with Crippen molar-refractivity contribution >= 4 is 11.6 Å². The van der Waals surface area contributed by atoms with Gasteiger partial charge in [-0.3, -0.25) is 14.3 Å². The number of rotatable bonds is 5. The maximum absolute atomic E-state index is 14.0. The number of aryl methyl sites for hydroxylation is 1. The fraction of sp³-hybridized carbons (Fsp3) is 0.214. The van der Waals surface area contributed by atoms with E-state index < -0.39 is 0 Å². The van der Waals surface area contributed by atoms with Crippen LogP contribution in [0.3, 0.4) is 0 Å². The molecule has 1 aliphatic heterocycles. The van der Waals surface area contributed by atoms with Crippen molar-refractivity contribution in [3.8, 4) is 0 Å². The first-order chi connectivity index (χ1) is 16.5. The molecule has 0 fully saturated rings. The highest BCUT2D eigenvalue weighted by Crippen LogP contribution is 2.28. The topological polar surface area (TPSA) is 38.1 Å². The molecular formula is C28H25ClFN3O. The first-order valence-corrected chi connectivity index (χ1v) is 11.8. The number of hydrogen-bond acceptors (Lipinski definition) is 3. The summed E-state index contributed by atoms with van der Waals surface area (Å²) in [6.07, 6.45) is 0.687. The first kappa shape index (κ1) is 22.5. The van der Waals surface area contributed by atoms with Crippen LogP contribution in [0, 0.1) is 12.7 Å². The molecule has 0 unspecified atom stereocenters. The van der Waals surface area contributed by atoms with Crippen molar-refractivity contribution in [1.29, 1.82) is 0 Å². The van der Waals surface area contributed by atoms with E-state index in [0.29, 0.717) is 35.9 Å². The number of hydrogen-bond donors (Lipinski definition) is 0. The Morgan fingerprint density at radius 2 is 1.65 bits per heavy atom. The van der Waals surface area contributed by atoms with Crippen LogP contribution in [0.15, 0.2) is 83.7 Å². The molecule has 34 heavy (non-hydrogen) atoms. The third-order valence-electron chi connectivity index (χ3n) is 6.42. The van der Waals surface area contributed by atoms with Gasteiger partial charge in [-0.2, -0.15) is 0 Å². The fourth-order valence-electron chi connectivity index (χ4n) is 4.76. The second kappa shape index (κ2) is 9.53. The van der Waals surface area contributed by atoms with Crippen LogP contribution in [-0.2, 0) is 19.5 Å². The molecule has 1 aromatic heterocycles. The van der Waals surface area contributed by atoms with Crippen molar-refractivity contribution in [3.63, 3.8) is 0 Å². The van der Waals surface area contributed by atoms with E-state index in [-0.39, 0.29) is 17.4 Å². The lowest BCUT2D eigenvalue weighted by Crippen LogP contribution is -2.40. The summed E-state index contributed by atoms with van der Waals surface area (Å²) in [7, 11) is 0. The quantitative estimate of drug-likeness (QED) is 0.382. The number of benzene rings is 3. The van der Waals surface area contributed by atoms with E-state index >= 15 is 0 Å². The summed E-state index contributed by atoms with van der Waals surface area (Å²) >= 11 is 6.26. The zero-order chi connectivity index (χ0) is 23.7. The summed E-state index contributed by atoms with van der Waals surface area (Å²) in [5.74, 6) is 0.352. The molecule has 0 saturated carbocycles. The van der Waals surface area contributed by atoms with Gasteiger partial charge in [0.25, 0.3) is 5.56 Å². The van der Waals surface area contributed by atoms with Crippen molar-refractivity contribution in [2.75, 3.05) is 6.54 Å². The largest absolute Gasteiger partial charge is 0.294 e. The van der Waals surface area contributed by atoms with Crippen molar-refractivity contribution in [2.24, 2.45) is 0 Å². The molecule has 4 aromatic rings. The summed E-state index contributed by atoms with van der Waals surface area (Å²) in [6.45, 7) is 3.70. The Kier molecular flexibility index (Phi) is 6.31. The van der Waals surface area contributed by atoms with Crippen LogP contribution in [0.5, 0.6) is 0 Å². The molecule has 0 aliphatic carbocycles. The van der Waals surface area contributed by atoms with E-state index in [2.05, 4.69) is 4.90 Å². The SMILES string of the molecule is Cc1nc2c(c(=O)n1C(c1ccccc1)c1ccccc1)CN(Cc1ccc(F)cc1Cl)CC2. The van der Waals surface area contributed by atoms with Crippen LogP contribution in [0.4, 0.5) is 4.39 Å². The van der Waals surface area contributed by atoms with Gasteiger partial charge < -0.3 is 0 Å². The maximum Gasteiger partial charge on any atom is 0.259 e. The third kappa shape index (κ3) is 4.41. The van der Waals surface area contributed by atoms with Crippen LogP contribution in [0.1, 0.15) is 39.8 Å². The zero-order valence-electron chi connectivity index (χ0n) is 18.9. The van der Waals surface area contributed by atoms with Gasteiger partial charge in [0.15, 0.2) is 0 Å². The van der Waals surface area contributed by atoms with Gasteiger partial charge in [-0.1, -0.05) is 78.3 Å². The smallest absolute Gasteiger partial charge is 0.259 e. The number of fused-ring (bicyclic) bond motifs is 1. The zero-order valence-corrected chi connectivity index (χ0v) is 19.7. The molecule has 3 aromatic carbocycles. The molecule has 0 radical (unpaired) electrons. The van der Waals surface area contributed by atoms with Crippen molar-refractivity contribution in [3.05, 3.63) is 134 Å². The Balaban J connectivity index is 1.55. The van der Waals surface area contributed by atoms with Crippen molar-refractivity contribution in [2.45, 2.75) is 32.5 Å². The van der Waals surface area contributed by atoms with Gasteiger partial charge in [-0.25, -0.2) is 9.37 Å². The molecule has 172 valence electrons. The Hall–Kier alpha value is -3.28. The standard InChI is InChI=1S/C28H25ClFN3O/c1-19-31-26-14-15-32(17-22-12-13-23(30)16-25(22)29)18-24(26)28(34)33(19)27(20-8-4-2-5-9-20)21-10-6-3-7-11-21/h2-13,16,27H,14-15,17-18H2,1H3. The van der Waals surface area contributed by atoms with Crippen molar-refractivity contribution in [1.82, 2.24) is 14.5 Å². The molecule has 1 aliphatic rings. The van der Waals surface area contributed by atoms with E-state index in [1.807, 2.05) is 72.2 Å². The molecule has 0 N–H and O–H groups in total. The average Bonchev–Trinajstić information content (AvgIpc) is 2.85. The summed E-state index contributed by atoms with van der Waals surface area (Å²) in [6, 6.07) is 24.3. The molecule has 0 spiro atoms. The lowest BCUT2D eigenvalue weighted by Gasteiger charge is -2.30. The third-order valence-corrected chi connectivity index (χ3v) is 6.77. The van der Waals surface area contributed by atoms with Gasteiger partial charge in [0.1, 0.15) is 11.6 Å². The van der Waals surface area contributed by atoms with Crippen LogP contribution in [0.2, 0.25) is 5.02 Å². The summed E-state index contributed by atoms with van der Waals surface area (Å²) in [4.78, 5) is 21.0. The molecule has 4 nitrogen and oxygen atoms in total. The van der Waals surface area contributed by atoms with E-state index in [4.69, 9.17) is 16.6 Å². The molecule has 6 heteroatoms. The number of halogens is 2. The van der Waals surface area contributed by atoms with E-state index in [0.717, 1.165) is 28.9 Å². The summed E-state index contributed by atoms with van der Waals surface area (Å²) in [5.41, 5.74) is 4.47. The van der Waals surface area contributed by atoms with Gasteiger partial charge in [0.05, 0.1) is 17.3 Å². The van der Waals surface area contributed by atoms with Crippen LogP contribution in [0.25, 0.3) is 0 Å². The maximum atomic E-state index is 14.0. The van der Waals surface area contributed by atoms with Gasteiger partial charge in [0.2, 0.25) is 0 Å². The van der Waals surface area contributed by atoms with Gasteiger partial charge in [-0.15, -0.1) is 0 Å². The monoisotopic (exact) mass is 473 g/mol. The second-order valence-electron chi connectivity index (χ2n) is 8.68. The van der Waals surface area contributed by atoms with Gasteiger partial charge in [0, 0.05) is 31.1 Å².